The van der Waals surface area contributed by atoms with E-state index >= 15 is 0 Å². The molecule has 0 bridgehead atoms. The second kappa shape index (κ2) is 8.39. The van der Waals surface area contributed by atoms with E-state index in [1.54, 1.807) is 6.07 Å². The van der Waals surface area contributed by atoms with Crippen LogP contribution in [0.5, 0.6) is 0 Å². The summed E-state index contributed by atoms with van der Waals surface area (Å²) in [7, 11) is -3.23. The Morgan fingerprint density at radius 3 is 2.46 bits per heavy atom. The second-order valence-corrected chi connectivity index (χ2v) is 8.59. The summed E-state index contributed by atoms with van der Waals surface area (Å²) in [4.78, 5) is 24.5. The van der Waals surface area contributed by atoms with Gasteiger partial charge < -0.3 is 10.1 Å². The highest BCUT2D eigenvalue weighted by Crippen LogP contribution is 2.27. The molecular formula is C21H21NO5S. The van der Waals surface area contributed by atoms with E-state index in [4.69, 9.17) is 4.74 Å². The van der Waals surface area contributed by atoms with Gasteiger partial charge in [0.05, 0.1) is 12.2 Å². The lowest BCUT2D eigenvalue weighted by Crippen LogP contribution is -2.30. The molecule has 2 aromatic rings. The van der Waals surface area contributed by atoms with Crippen LogP contribution in [-0.2, 0) is 24.2 Å². The number of sulfone groups is 1. The largest absolute Gasteiger partial charge is 0.453 e. The molecule has 1 aliphatic rings. The van der Waals surface area contributed by atoms with Crippen LogP contribution in [0.15, 0.2) is 66.1 Å². The van der Waals surface area contributed by atoms with Gasteiger partial charge >= 0.3 is 5.97 Å². The molecule has 0 saturated heterocycles. The first-order valence-corrected chi connectivity index (χ1v) is 10.6. The van der Waals surface area contributed by atoms with Crippen LogP contribution in [0.2, 0.25) is 0 Å². The van der Waals surface area contributed by atoms with E-state index in [0.717, 1.165) is 16.5 Å². The summed E-state index contributed by atoms with van der Waals surface area (Å²) in [5, 5.41) is 3.91. The van der Waals surface area contributed by atoms with Gasteiger partial charge in [-0.25, -0.2) is 8.42 Å². The lowest BCUT2D eigenvalue weighted by molar-refractivity contribution is -0.153. The van der Waals surface area contributed by atoms with Crippen molar-refractivity contribution in [1.82, 2.24) is 0 Å². The third-order valence-electron chi connectivity index (χ3n) is 4.38. The van der Waals surface area contributed by atoms with E-state index in [-0.39, 0.29) is 12.2 Å². The summed E-state index contributed by atoms with van der Waals surface area (Å²) >= 11 is 0. The Labute approximate surface area is 164 Å². The van der Waals surface area contributed by atoms with Gasteiger partial charge in [0.25, 0.3) is 5.91 Å². The van der Waals surface area contributed by atoms with Crippen LogP contribution in [0.4, 0.5) is 5.69 Å². The van der Waals surface area contributed by atoms with Crippen molar-refractivity contribution >= 4 is 27.4 Å². The van der Waals surface area contributed by atoms with Crippen molar-refractivity contribution in [2.45, 2.75) is 19.4 Å². The fourth-order valence-corrected chi connectivity index (χ4v) is 4.37. The molecule has 6 nitrogen and oxygen atoms in total. The molecule has 0 aromatic heterocycles. The van der Waals surface area contributed by atoms with E-state index in [1.807, 2.05) is 48.5 Å². The van der Waals surface area contributed by atoms with Crippen LogP contribution in [0.3, 0.4) is 0 Å². The molecule has 1 aliphatic heterocycles. The minimum atomic E-state index is -3.23. The maximum absolute atomic E-state index is 12.5. The highest BCUT2D eigenvalue weighted by atomic mass is 32.2. The molecule has 2 atom stereocenters. The van der Waals surface area contributed by atoms with E-state index in [9.17, 15) is 18.0 Å². The van der Waals surface area contributed by atoms with Crippen LogP contribution in [0, 0.1) is 5.92 Å². The highest BCUT2D eigenvalue weighted by molar-refractivity contribution is 7.94. The van der Waals surface area contributed by atoms with Crippen LogP contribution in [-0.4, -0.2) is 32.2 Å². The molecule has 7 heteroatoms. The fourth-order valence-electron chi connectivity index (χ4n) is 2.98. The van der Waals surface area contributed by atoms with Gasteiger partial charge in [-0.05, 0) is 18.6 Å². The number of hydrogen-bond acceptors (Lipinski definition) is 5. The van der Waals surface area contributed by atoms with Gasteiger partial charge in [-0.2, -0.15) is 0 Å². The number of esters is 1. The first-order valence-electron chi connectivity index (χ1n) is 8.90. The predicted octanol–water partition coefficient (Wildman–Crippen LogP) is 3.17. The number of hydrogen-bond donors (Lipinski definition) is 1. The molecule has 0 spiro atoms. The van der Waals surface area contributed by atoms with Crippen molar-refractivity contribution < 1.29 is 22.7 Å². The molecule has 1 heterocycles. The first kappa shape index (κ1) is 19.8. The topological polar surface area (TPSA) is 89.5 Å². The average molecular weight is 399 g/mol. The number of benzene rings is 2. The number of nitrogens with one attached hydrogen (secondary N) is 1. The molecule has 28 heavy (non-hydrogen) atoms. The molecule has 1 N–H and O–H groups in total. The monoisotopic (exact) mass is 399 g/mol. The Hall–Kier alpha value is -2.93. The minimum Gasteiger partial charge on any atom is -0.453 e. The van der Waals surface area contributed by atoms with E-state index < -0.39 is 33.7 Å². The highest BCUT2D eigenvalue weighted by Gasteiger charge is 2.26. The van der Waals surface area contributed by atoms with Gasteiger partial charge in [0.15, 0.2) is 15.9 Å². The Bertz CT molecular complexity index is 998. The molecule has 2 unspecified atom stereocenters. The number of allylic oxidation sites excluding steroid dienone is 1. The number of para-hydroxylation sites is 1. The van der Waals surface area contributed by atoms with E-state index in [1.165, 1.54) is 13.0 Å². The van der Waals surface area contributed by atoms with Crippen molar-refractivity contribution in [3.05, 3.63) is 66.1 Å². The Balaban J connectivity index is 1.61. The summed E-state index contributed by atoms with van der Waals surface area (Å²) in [6, 6.07) is 17.0. The van der Waals surface area contributed by atoms with E-state index in [2.05, 4.69) is 5.32 Å². The van der Waals surface area contributed by atoms with Gasteiger partial charge in [-0.1, -0.05) is 54.6 Å². The zero-order chi connectivity index (χ0) is 20.1. The van der Waals surface area contributed by atoms with Gasteiger partial charge in [0, 0.05) is 22.6 Å². The van der Waals surface area contributed by atoms with Crippen molar-refractivity contribution in [3.63, 3.8) is 0 Å². The zero-order valence-electron chi connectivity index (χ0n) is 15.4. The minimum absolute atomic E-state index is 0.0754. The lowest BCUT2D eigenvalue weighted by Gasteiger charge is -2.16. The Kier molecular flexibility index (Phi) is 5.94. The number of ether oxygens (including phenoxy) is 1. The van der Waals surface area contributed by atoms with Crippen LogP contribution in [0.25, 0.3) is 11.1 Å². The second-order valence-electron chi connectivity index (χ2n) is 6.66. The van der Waals surface area contributed by atoms with Gasteiger partial charge in [-0.3, -0.25) is 9.59 Å². The Morgan fingerprint density at radius 1 is 1.11 bits per heavy atom. The molecule has 146 valence electrons. The van der Waals surface area contributed by atoms with Gasteiger partial charge in [0.1, 0.15) is 0 Å². The molecule has 0 fully saturated rings. The molecule has 1 amide bonds. The lowest BCUT2D eigenvalue weighted by atomic mass is 10.0. The van der Waals surface area contributed by atoms with Crippen LogP contribution in [0.1, 0.15) is 13.3 Å². The number of carbonyl (C=O) groups excluding carboxylic acids is 2. The van der Waals surface area contributed by atoms with Crippen molar-refractivity contribution in [3.8, 4) is 11.1 Å². The third-order valence-corrected chi connectivity index (χ3v) is 5.85. The summed E-state index contributed by atoms with van der Waals surface area (Å²) in [5.74, 6) is -1.57. The standard InChI is InChI=1S/C21H21NO5S/c1-15(27-20(23)13-16-11-12-28(25,26)14-16)21(24)22-19-10-6-5-9-18(19)17-7-3-2-4-8-17/h2-12,15-16H,13-14H2,1H3,(H,22,24). The number of carbonyl (C=O) groups is 2. The molecule has 2 aromatic carbocycles. The SMILES string of the molecule is CC(OC(=O)CC1C=CS(=O)(=O)C1)C(=O)Nc1ccccc1-c1ccccc1. The van der Waals surface area contributed by atoms with Crippen LogP contribution < -0.4 is 5.32 Å². The van der Waals surface area contributed by atoms with Crippen molar-refractivity contribution in [2.24, 2.45) is 5.92 Å². The maximum Gasteiger partial charge on any atom is 0.307 e. The van der Waals surface area contributed by atoms with Crippen LogP contribution >= 0.6 is 0 Å². The molecule has 0 saturated carbocycles. The quantitative estimate of drug-likeness (QED) is 0.754. The number of amides is 1. The number of rotatable bonds is 6. The van der Waals surface area contributed by atoms with Crippen molar-refractivity contribution in [2.75, 3.05) is 11.1 Å². The Morgan fingerprint density at radius 2 is 1.79 bits per heavy atom. The van der Waals surface area contributed by atoms with Gasteiger partial charge in [0.2, 0.25) is 0 Å². The normalized spacial score (nSPS) is 18.4. The summed E-state index contributed by atoms with van der Waals surface area (Å²) in [6.45, 7) is 1.49. The number of anilines is 1. The summed E-state index contributed by atoms with van der Waals surface area (Å²) < 4.78 is 28.0. The van der Waals surface area contributed by atoms with Gasteiger partial charge in [-0.15, -0.1) is 0 Å². The molecule has 0 radical (unpaired) electrons. The smallest absolute Gasteiger partial charge is 0.307 e. The molecule has 3 rings (SSSR count). The first-order chi connectivity index (χ1) is 13.3. The van der Waals surface area contributed by atoms with E-state index in [0.29, 0.717) is 5.69 Å². The predicted molar refractivity (Wildman–Crippen MR) is 107 cm³/mol. The maximum atomic E-state index is 12.5. The fraction of sp³-hybridized carbons (Fsp3) is 0.238. The average Bonchev–Trinajstić information content (AvgIpc) is 3.01. The molecular weight excluding hydrogens is 378 g/mol. The third kappa shape index (κ3) is 5.07. The summed E-state index contributed by atoms with van der Waals surface area (Å²) in [5.41, 5.74) is 2.43. The van der Waals surface area contributed by atoms with Crippen molar-refractivity contribution in [1.29, 1.82) is 0 Å². The zero-order valence-corrected chi connectivity index (χ0v) is 16.2. The molecule has 0 aliphatic carbocycles. The summed E-state index contributed by atoms with van der Waals surface area (Å²) in [6.07, 6.45) is 0.407.